The molecule has 0 aliphatic rings. The molecule has 0 bridgehead atoms. The number of aromatic nitrogens is 4. The molecular formula is C17H12N4O3. The van der Waals surface area contributed by atoms with Gasteiger partial charge in [0, 0.05) is 5.56 Å². The molecule has 24 heavy (non-hydrogen) atoms. The Hall–Kier alpha value is -3.48. The van der Waals surface area contributed by atoms with Crippen molar-refractivity contribution in [3.8, 4) is 11.3 Å². The van der Waals surface area contributed by atoms with E-state index in [2.05, 4.69) is 10.1 Å². The fourth-order valence-corrected chi connectivity index (χ4v) is 2.76. The van der Waals surface area contributed by atoms with Crippen molar-refractivity contribution < 1.29 is 9.90 Å². The van der Waals surface area contributed by atoms with Crippen LogP contribution in [0.5, 0.6) is 0 Å². The predicted octanol–water partition coefficient (Wildman–Crippen LogP) is 1.80. The van der Waals surface area contributed by atoms with Crippen LogP contribution in [0.2, 0.25) is 0 Å². The number of rotatable bonds is 3. The zero-order chi connectivity index (χ0) is 16.7. The first kappa shape index (κ1) is 14.1. The number of carboxylic acids is 1. The SMILES string of the molecule is O=C(O)Cn1c2ccccc2n2nc(-c3ccccc3)c(=O)nc12. The van der Waals surface area contributed by atoms with Gasteiger partial charge in [-0.05, 0) is 12.1 Å². The van der Waals surface area contributed by atoms with E-state index >= 15 is 0 Å². The van der Waals surface area contributed by atoms with Crippen LogP contribution in [0, 0.1) is 0 Å². The second kappa shape index (κ2) is 5.31. The number of fused-ring (bicyclic) bond motifs is 3. The second-order valence-corrected chi connectivity index (χ2v) is 5.31. The standard InChI is InChI=1S/C17H12N4O3/c22-14(23)10-20-12-8-4-5-9-13(12)21-17(20)18-16(24)15(19-21)11-6-2-1-3-7-11/h1-9H,10H2,(H,22,23). The molecule has 0 fully saturated rings. The van der Waals surface area contributed by atoms with Crippen molar-refractivity contribution in [3.63, 3.8) is 0 Å². The first-order valence-electron chi connectivity index (χ1n) is 7.30. The van der Waals surface area contributed by atoms with Crippen molar-refractivity contribution in [2.45, 2.75) is 6.54 Å². The summed E-state index contributed by atoms with van der Waals surface area (Å²) in [7, 11) is 0. The van der Waals surface area contributed by atoms with E-state index in [9.17, 15) is 9.59 Å². The summed E-state index contributed by atoms with van der Waals surface area (Å²) in [6.07, 6.45) is 0. The zero-order valence-electron chi connectivity index (χ0n) is 12.5. The molecule has 2 heterocycles. The number of para-hydroxylation sites is 2. The number of hydrogen-bond acceptors (Lipinski definition) is 4. The molecule has 7 heteroatoms. The smallest absolute Gasteiger partial charge is 0.323 e. The third-order valence-corrected chi connectivity index (χ3v) is 3.78. The van der Waals surface area contributed by atoms with Crippen molar-refractivity contribution in [1.29, 1.82) is 0 Å². The Morgan fingerprint density at radius 3 is 2.38 bits per heavy atom. The molecule has 0 aliphatic carbocycles. The lowest BCUT2D eigenvalue weighted by molar-refractivity contribution is -0.137. The zero-order valence-corrected chi connectivity index (χ0v) is 12.5. The van der Waals surface area contributed by atoms with E-state index in [1.54, 1.807) is 24.3 Å². The van der Waals surface area contributed by atoms with Crippen LogP contribution in [0.3, 0.4) is 0 Å². The van der Waals surface area contributed by atoms with E-state index in [0.717, 1.165) is 0 Å². The number of aliphatic carboxylic acids is 1. The van der Waals surface area contributed by atoms with Crippen LogP contribution in [-0.2, 0) is 11.3 Å². The van der Waals surface area contributed by atoms with Gasteiger partial charge >= 0.3 is 11.5 Å². The molecule has 0 aliphatic heterocycles. The number of nitrogens with zero attached hydrogens (tertiary/aromatic N) is 4. The number of carbonyl (C=O) groups is 1. The highest BCUT2D eigenvalue weighted by Gasteiger charge is 2.17. The van der Waals surface area contributed by atoms with E-state index < -0.39 is 11.5 Å². The lowest BCUT2D eigenvalue weighted by Crippen LogP contribution is -2.18. The van der Waals surface area contributed by atoms with Crippen molar-refractivity contribution in [2.75, 3.05) is 0 Å². The van der Waals surface area contributed by atoms with E-state index in [0.29, 0.717) is 16.6 Å². The molecule has 0 atom stereocenters. The van der Waals surface area contributed by atoms with Gasteiger partial charge in [-0.15, -0.1) is 0 Å². The van der Waals surface area contributed by atoms with Crippen LogP contribution in [0.15, 0.2) is 59.4 Å². The molecule has 4 aromatic rings. The van der Waals surface area contributed by atoms with Gasteiger partial charge < -0.3 is 5.11 Å². The Morgan fingerprint density at radius 2 is 1.67 bits per heavy atom. The molecule has 7 nitrogen and oxygen atoms in total. The summed E-state index contributed by atoms with van der Waals surface area (Å²) in [6.45, 7) is -0.296. The van der Waals surface area contributed by atoms with Gasteiger partial charge in [0.15, 0.2) is 5.69 Å². The molecule has 0 unspecified atom stereocenters. The summed E-state index contributed by atoms with van der Waals surface area (Å²) in [4.78, 5) is 27.7. The maximum Gasteiger partial charge on any atom is 0.323 e. The molecular weight excluding hydrogens is 308 g/mol. The summed E-state index contributed by atoms with van der Waals surface area (Å²) < 4.78 is 2.99. The second-order valence-electron chi connectivity index (χ2n) is 5.31. The molecule has 4 rings (SSSR count). The molecule has 0 saturated carbocycles. The summed E-state index contributed by atoms with van der Waals surface area (Å²) in [6, 6.07) is 16.3. The summed E-state index contributed by atoms with van der Waals surface area (Å²) in [5, 5.41) is 13.6. The van der Waals surface area contributed by atoms with Gasteiger partial charge in [0.1, 0.15) is 6.54 Å². The van der Waals surface area contributed by atoms with E-state index in [1.807, 2.05) is 30.3 Å². The molecule has 0 spiro atoms. The fraction of sp³-hybridized carbons (Fsp3) is 0.0588. The largest absolute Gasteiger partial charge is 0.480 e. The quantitative estimate of drug-likeness (QED) is 0.621. The van der Waals surface area contributed by atoms with Gasteiger partial charge in [-0.25, -0.2) is 0 Å². The van der Waals surface area contributed by atoms with E-state index in [1.165, 1.54) is 9.08 Å². The van der Waals surface area contributed by atoms with Crippen LogP contribution in [0.1, 0.15) is 0 Å². The first-order chi connectivity index (χ1) is 11.6. The lowest BCUT2D eigenvalue weighted by atomic mass is 10.2. The third-order valence-electron chi connectivity index (χ3n) is 3.78. The highest BCUT2D eigenvalue weighted by molar-refractivity contribution is 5.82. The predicted molar refractivity (Wildman–Crippen MR) is 87.8 cm³/mol. The average Bonchev–Trinajstić information content (AvgIpc) is 2.88. The van der Waals surface area contributed by atoms with Crippen molar-refractivity contribution >= 4 is 22.8 Å². The number of hydrogen-bond donors (Lipinski definition) is 1. The van der Waals surface area contributed by atoms with Crippen molar-refractivity contribution in [3.05, 3.63) is 65.0 Å². The first-order valence-corrected chi connectivity index (χ1v) is 7.30. The van der Waals surface area contributed by atoms with Crippen LogP contribution >= 0.6 is 0 Å². The van der Waals surface area contributed by atoms with Crippen molar-refractivity contribution in [1.82, 2.24) is 19.2 Å². The minimum atomic E-state index is -1.01. The Bertz CT molecular complexity index is 1130. The topological polar surface area (TPSA) is 89.5 Å². The Labute approximate surface area is 135 Å². The molecule has 0 amide bonds. The number of benzene rings is 2. The minimum Gasteiger partial charge on any atom is -0.480 e. The molecule has 118 valence electrons. The molecule has 0 radical (unpaired) electrons. The lowest BCUT2D eigenvalue weighted by Gasteiger charge is -2.02. The third kappa shape index (κ3) is 2.14. The maximum absolute atomic E-state index is 12.4. The molecule has 2 aromatic heterocycles. The molecule has 0 saturated heterocycles. The van der Waals surface area contributed by atoms with Gasteiger partial charge in [-0.2, -0.15) is 14.6 Å². The normalized spacial score (nSPS) is 11.2. The maximum atomic E-state index is 12.4. The molecule has 2 aromatic carbocycles. The van der Waals surface area contributed by atoms with Gasteiger partial charge in [-0.3, -0.25) is 14.2 Å². The minimum absolute atomic E-state index is 0.211. The van der Waals surface area contributed by atoms with Gasteiger partial charge in [0.05, 0.1) is 11.0 Å². The summed E-state index contributed by atoms with van der Waals surface area (Å²) in [5.41, 5.74) is 1.75. The van der Waals surface area contributed by atoms with Crippen LogP contribution < -0.4 is 5.56 Å². The average molecular weight is 320 g/mol. The monoisotopic (exact) mass is 320 g/mol. The van der Waals surface area contributed by atoms with E-state index in [4.69, 9.17) is 5.11 Å². The van der Waals surface area contributed by atoms with Crippen LogP contribution in [0.4, 0.5) is 0 Å². The Balaban J connectivity index is 2.09. The Kier molecular flexibility index (Phi) is 3.13. The Morgan fingerprint density at radius 1 is 1.00 bits per heavy atom. The van der Waals surface area contributed by atoms with Gasteiger partial charge in [-0.1, -0.05) is 42.5 Å². The van der Waals surface area contributed by atoms with Gasteiger partial charge in [0.25, 0.3) is 0 Å². The van der Waals surface area contributed by atoms with Crippen LogP contribution in [-0.4, -0.2) is 30.2 Å². The highest BCUT2D eigenvalue weighted by atomic mass is 16.4. The van der Waals surface area contributed by atoms with E-state index in [-0.39, 0.29) is 18.0 Å². The summed E-state index contributed by atoms with van der Waals surface area (Å²) in [5.74, 6) is -0.803. The number of carboxylic acid groups (broad SMARTS) is 1. The fourth-order valence-electron chi connectivity index (χ4n) is 2.76. The highest BCUT2D eigenvalue weighted by Crippen LogP contribution is 2.20. The van der Waals surface area contributed by atoms with Crippen molar-refractivity contribution in [2.24, 2.45) is 0 Å². The molecule has 1 N–H and O–H groups in total. The number of imidazole rings is 1. The summed E-state index contributed by atoms with van der Waals surface area (Å²) >= 11 is 0. The van der Waals surface area contributed by atoms with Crippen LogP contribution in [0.25, 0.3) is 28.1 Å². The van der Waals surface area contributed by atoms with Gasteiger partial charge in [0.2, 0.25) is 5.78 Å².